The number of carbonyl (C=O) groups excluding carboxylic acids is 2. The molecule has 3 aromatic rings. The Labute approximate surface area is 271 Å². The van der Waals surface area contributed by atoms with Gasteiger partial charge >= 0.3 is 5.97 Å². The zero-order valence-electron chi connectivity index (χ0n) is 25.9. The molecule has 1 aliphatic carbocycles. The van der Waals surface area contributed by atoms with E-state index < -0.39 is 11.9 Å². The Morgan fingerprint density at radius 3 is 2.20 bits per heavy atom. The molecule has 0 spiro atoms. The third-order valence-electron chi connectivity index (χ3n) is 8.07. The number of ether oxygens (including phenoxy) is 6. The molecule has 1 N–H and O–H groups in total. The molecule has 0 saturated carbocycles. The van der Waals surface area contributed by atoms with Crippen LogP contribution in [0.2, 0.25) is 0 Å². The van der Waals surface area contributed by atoms with Crippen LogP contribution in [0.25, 0.3) is 0 Å². The fourth-order valence-corrected chi connectivity index (χ4v) is 6.49. The van der Waals surface area contributed by atoms with Crippen LogP contribution < -0.4 is 29.0 Å². The quantitative estimate of drug-likeness (QED) is 0.181. The van der Waals surface area contributed by atoms with Crippen LogP contribution in [0.3, 0.4) is 0 Å². The molecule has 1 aliphatic heterocycles. The molecule has 0 amide bonds. The van der Waals surface area contributed by atoms with Crippen molar-refractivity contribution in [3.05, 3.63) is 98.8 Å². The number of nitrogens with one attached hydrogen (secondary N) is 1. The monoisotopic (exact) mass is 677 g/mol. The lowest BCUT2D eigenvalue weighted by Gasteiger charge is -2.37. The average molecular weight is 679 g/mol. The van der Waals surface area contributed by atoms with Crippen molar-refractivity contribution in [2.75, 3.05) is 41.7 Å². The zero-order valence-corrected chi connectivity index (χ0v) is 27.5. The van der Waals surface area contributed by atoms with Crippen LogP contribution in [0, 0.1) is 0 Å². The highest BCUT2D eigenvalue weighted by molar-refractivity contribution is 9.10. The minimum Gasteiger partial charge on any atom is -0.493 e. The molecule has 0 fully saturated rings. The summed E-state index contributed by atoms with van der Waals surface area (Å²) >= 11 is 3.68. The Bertz CT molecular complexity index is 1650. The molecule has 0 bridgehead atoms. The highest BCUT2D eigenvalue weighted by atomic mass is 79.9. The number of dihydropyridines is 1. The largest absolute Gasteiger partial charge is 0.493 e. The Morgan fingerprint density at radius 2 is 1.51 bits per heavy atom. The van der Waals surface area contributed by atoms with Gasteiger partial charge in [-0.05, 0) is 66.8 Å². The van der Waals surface area contributed by atoms with E-state index in [2.05, 4.69) is 21.2 Å². The van der Waals surface area contributed by atoms with E-state index in [1.54, 1.807) is 40.6 Å². The molecule has 0 radical (unpaired) electrons. The summed E-state index contributed by atoms with van der Waals surface area (Å²) in [4.78, 5) is 27.9. The smallest absolute Gasteiger partial charge is 0.336 e. The molecule has 3 aromatic carbocycles. The van der Waals surface area contributed by atoms with Crippen molar-refractivity contribution < 1.29 is 38.0 Å². The molecular weight excluding hydrogens is 642 g/mol. The molecule has 1 heterocycles. The van der Waals surface area contributed by atoms with E-state index >= 15 is 0 Å². The van der Waals surface area contributed by atoms with Crippen LogP contribution in [0.15, 0.2) is 87.7 Å². The molecule has 2 atom stereocenters. The number of para-hydroxylation sites is 1. The van der Waals surface area contributed by atoms with Crippen LogP contribution in [0.5, 0.6) is 28.7 Å². The van der Waals surface area contributed by atoms with Gasteiger partial charge in [0.25, 0.3) is 0 Å². The summed E-state index contributed by atoms with van der Waals surface area (Å²) in [6.45, 7) is 2.04. The van der Waals surface area contributed by atoms with Crippen LogP contribution in [0.4, 0.5) is 0 Å². The third-order valence-corrected chi connectivity index (χ3v) is 8.76. The van der Waals surface area contributed by atoms with Crippen LogP contribution >= 0.6 is 15.9 Å². The first-order valence-electron chi connectivity index (χ1n) is 14.5. The Kier molecular flexibility index (Phi) is 10.0. The van der Waals surface area contributed by atoms with E-state index in [0.717, 1.165) is 11.3 Å². The van der Waals surface area contributed by atoms with Crippen molar-refractivity contribution in [2.45, 2.75) is 31.6 Å². The summed E-state index contributed by atoms with van der Waals surface area (Å²) in [5, 5.41) is 3.40. The van der Waals surface area contributed by atoms with E-state index in [1.165, 1.54) is 0 Å². The maximum Gasteiger partial charge on any atom is 0.336 e. The summed E-state index contributed by atoms with van der Waals surface area (Å²) < 4.78 is 34.1. The number of hydrogen-bond donors (Lipinski definition) is 1. The number of allylic oxidation sites excluding steroid dienone is 3. The van der Waals surface area contributed by atoms with Crippen molar-refractivity contribution in [3.8, 4) is 28.7 Å². The molecule has 9 nitrogen and oxygen atoms in total. The lowest BCUT2D eigenvalue weighted by atomic mass is 9.71. The first kappa shape index (κ1) is 32.0. The summed E-state index contributed by atoms with van der Waals surface area (Å²) in [5.41, 5.74) is 3.89. The van der Waals surface area contributed by atoms with E-state index in [9.17, 15) is 9.59 Å². The van der Waals surface area contributed by atoms with Gasteiger partial charge in [-0.2, -0.15) is 0 Å². The van der Waals surface area contributed by atoms with Gasteiger partial charge in [0, 0.05) is 33.8 Å². The van der Waals surface area contributed by atoms with Crippen LogP contribution in [0.1, 0.15) is 42.7 Å². The molecule has 0 aromatic heterocycles. The minimum absolute atomic E-state index is 0.0333. The highest BCUT2D eigenvalue weighted by Crippen LogP contribution is 2.49. The predicted molar refractivity (Wildman–Crippen MR) is 172 cm³/mol. The second kappa shape index (κ2) is 14.1. The highest BCUT2D eigenvalue weighted by Gasteiger charge is 2.42. The fourth-order valence-electron chi connectivity index (χ4n) is 5.94. The number of methoxy groups -OCH3 is 4. The lowest BCUT2D eigenvalue weighted by Crippen LogP contribution is -2.36. The number of rotatable bonds is 11. The fraction of sp³-hybridized carbons (Fsp3) is 0.314. The average Bonchev–Trinajstić information content (AvgIpc) is 3.05. The Morgan fingerprint density at radius 1 is 0.844 bits per heavy atom. The molecule has 5 rings (SSSR count). The first-order chi connectivity index (χ1) is 21.8. The molecular formula is C35H36BrNO8. The van der Waals surface area contributed by atoms with Crippen molar-refractivity contribution in [2.24, 2.45) is 0 Å². The van der Waals surface area contributed by atoms with Gasteiger partial charge in [0.1, 0.15) is 19.0 Å². The Hall–Kier alpha value is -4.44. The van der Waals surface area contributed by atoms with Gasteiger partial charge in [0.2, 0.25) is 0 Å². The maximum absolute atomic E-state index is 14.1. The molecule has 45 heavy (non-hydrogen) atoms. The molecule has 2 aliphatic rings. The van der Waals surface area contributed by atoms with Crippen molar-refractivity contribution in [3.63, 3.8) is 0 Å². The van der Waals surface area contributed by atoms with E-state index in [0.29, 0.717) is 62.0 Å². The van der Waals surface area contributed by atoms with Gasteiger partial charge in [-0.15, -0.1) is 0 Å². The molecule has 10 heteroatoms. The van der Waals surface area contributed by atoms with Crippen LogP contribution in [-0.2, 0) is 14.3 Å². The van der Waals surface area contributed by atoms with Gasteiger partial charge < -0.3 is 33.7 Å². The van der Waals surface area contributed by atoms with E-state index in [-0.39, 0.29) is 31.3 Å². The van der Waals surface area contributed by atoms with Crippen molar-refractivity contribution >= 4 is 27.7 Å². The summed E-state index contributed by atoms with van der Waals surface area (Å²) in [5.74, 6) is 1.47. The van der Waals surface area contributed by atoms with Crippen LogP contribution in [-0.4, -0.2) is 53.4 Å². The number of carbonyl (C=O) groups is 2. The first-order valence-corrected chi connectivity index (χ1v) is 15.3. The SMILES string of the molecule is COc1ccc([C@@H]2CC(=O)C3=C(C2)NC(C)=C(C(=O)OCCOc2ccccc2)[C@@H]3c2cc(OC)c(OC)cc2Br)cc1OC. The van der Waals surface area contributed by atoms with E-state index in [1.807, 2.05) is 55.5 Å². The molecule has 0 unspecified atom stereocenters. The number of hydrogen-bond acceptors (Lipinski definition) is 9. The van der Waals surface area contributed by atoms with Gasteiger partial charge in [-0.1, -0.05) is 40.2 Å². The third kappa shape index (κ3) is 6.66. The number of esters is 1. The molecule has 0 saturated heterocycles. The van der Waals surface area contributed by atoms with Gasteiger partial charge in [-0.25, -0.2) is 4.79 Å². The normalized spacial score (nSPS) is 17.7. The lowest BCUT2D eigenvalue weighted by molar-refractivity contribution is -0.140. The van der Waals surface area contributed by atoms with Gasteiger partial charge in [0.05, 0.1) is 34.0 Å². The standard InChI is InChI=1S/C35H36BrNO8/c1-20-32(35(39)45-14-13-44-23-9-7-6-8-10-23)33(24-18-30(42-4)31(43-5)19-25(24)36)34-26(37-20)15-22(16-27(34)38)21-11-12-28(40-2)29(17-21)41-3/h6-12,17-19,22,33,37H,13-16H2,1-5H3/t22-,33-/m0/s1. The maximum atomic E-state index is 14.1. The predicted octanol–water partition coefficient (Wildman–Crippen LogP) is 6.47. The number of benzene rings is 3. The topological polar surface area (TPSA) is 102 Å². The number of Topliss-reactive ketones (excluding diaryl/α,β-unsaturated/α-hetero) is 1. The van der Waals surface area contributed by atoms with Crippen molar-refractivity contribution in [1.82, 2.24) is 5.32 Å². The minimum atomic E-state index is -0.711. The summed E-state index contributed by atoms with van der Waals surface area (Å²) in [7, 11) is 6.28. The zero-order chi connectivity index (χ0) is 32.1. The number of ketones is 1. The Balaban J connectivity index is 1.50. The summed E-state index contributed by atoms with van der Waals surface area (Å²) in [6.07, 6.45) is 0.812. The van der Waals surface area contributed by atoms with Gasteiger partial charge in [0.15, 0.2) is 28.8 Å². The number of halogens is 1. The second-order valence-corrected chi connectivity index (χ2v) is 11.5. The summed E-state index contributed by atoms with van der Waals surface area (Å²) in [6, 6.07) is 18.6. The van der Waals surface area contributed by atoms with Crippen molar-refractivity contribution in [1.29, 1.82) is 0 Å². The van der Waals surface area contributed by atoms with Gasteiger partial charge in [-0.3, -0.25) is 4.79 Å². The van der Waals surface area contributed by atoms with E-state index in [4.69, 9.17) is 28.4 Å². The molecule has 236 valence electrons. The second-order valence-electron chi connectivity index (χ2n) is 10.7.